The highest BCUT2D eigenvalue weighted by Gasteiger charge is 2.17. The van der Waals surface area contributed by atoms with Gasteiger partial charge in [0.1, 0.15) is 0 Å². The van der Waals surface area contributed by atoms with Crippen LogP contribution in [0.1, 0.15) is 27.2 Å². The third kappa shape index (κ3) is 6.34. The fourth-order valence-corrected chi connectivity index (χ4v) is 3.21. The number of carbonyl (C=O) groups is 1. The van der Waals surface area contributed by atoms with Crippen molar-refractivity contribution in [1.29, 1.82) is 0 Å². The Bertz CT molecular complexity index is 627. The Labute approximate surface area is 138 Å². The molecule has 1 rings (SSSR count). The quantitative estimate of drug-likeness (QED) is 0.802. The molecule has 0 heterocycles. The summed E-state index contributed by atoms with van der Waals surface area (Å²) in [5, 5.41) is 3.19. The van der Waals surface area contributed by atoms with E-state index in [2.05, 4.69) is 26.0 Å². The summed E-state index contributed by atoms with van der Waals surface area (Å²) in [5.74, 6) is -0.206. The highest BCUT2D eigenvalue weighted by molar-refractivity contribution is 9.10. The average molecular weight is 398 g/mol. The summed E-state index contributed by atoms with van der Waals surface area (Å²) in [7, 11) is -3.66. The molecule has 0 unspecified atom stereocenters. The largest absolute Gasteiger partial charge is 0.351 e. The molecule has 1 amide bonds. The normalized spacial score (nSPS) is 12.2. The van der Waals surface area contributed by atoms with Gasteiger partial charge in [-0.05, 0) is 54.9 Å². The summed E-state index contributed by atoms with van der Waals surface area (Å²) in [4.78, 5) is 11.7. The van der Waals surface area contributed by atoms with Gasteiger partial charge in [-0.1, -0.05) is 11.6 Å². The van der Waals surface area contributed by atoms with Gasteiger partial charge in [-0.15, -0.1) is 0 Å². The first kappa shape index (κ1) is 18.4. The molecule has 5 nitrogen and oxygen atoms in total. The van der Waals surface area contributed by atoms with Gasteiger partial charge in [0.05, 0.1) is 9.92 Å². The van der Waals surface area contributed by atoms with Gasteiger partial charge in [0.25, 0.3) is 0 Å². The average Bonchev–Trinajstić information content (AvgIpc) is 2.29. The van der Waals surface area contributed by atoms with E-state index in [1.807, 2.05) is 20.8 Å². The summed E-state index contributed by atoms with van der Waals surface area (Å²) >= 11 is 9.00. The van der Waals surface area contributed by atoms with Crippen LogP contribution in [0.2, 0.25) is 5.02 Å². The Morgan fingerprint density at radius 3 is 2.48 bits per heavy atom. The predicted octanol–water partition coefficient (Wildman–Crippen LogP) is 2.69. The number of sulfonamides is 1. The van der Waals surface area contributed by atoms with Crippen molar-refractivity contribution in [2.24, 2.45) is 0 Å². The zero-order valence-electron chi connectivity index (χ0n) is 12.0. The molecule has 0 atom stereocenters. The maximum absolute atomic E-state index is 12.1. The van der Waals surface area contributed by atoms with E-state index >= 15 is 0 Å². The first-order valence-corrected chi connectivity index (χ1v) is 8.92. The molecule has 0 aliphatic carbocycles. The van der Waals surface area contributed by atoms with Gasteiger partial charge in [-0.25, -0.2) is 13.1 Å². The lowest BCUT2D eigenvalue weighted by Crippen LogP contribution is -2.41. The van der Waals surface area contributed by atoms with Crippen LogP contribution in [0.3, 0.4) is 0 Å². The maximum Gasteiger partial charge on any atom is 0.240 e. The predicted molar refractivity (Wildman–Crippen MR) is 86.9 cm³/mol. The van der Waals surface area contributed by atoms with E-state index in [0.29, 0.717) is 9.50 Å². The van der Waals surface area contributed by atoms with Gasteiger partial charge in [-0.2, -0.15) is 0 Å². The molecule has 118 valence electrons. The number of benzene rings is 1. The molecule has 21 heavy (non-hydrogen) atoms. The topological polar surface area (TPSA) is 75.3 Å². The standard InChI is InChI=1S/C13H18BrClN2O3S/c1-13(2,3)17-12(18)6-7-16-21(19,20)9-4-5-11(15)10(14)8-9/h4-5,8,16H,6-7H2,1-3H3,(H,17,18). The lowest BCUT2D eigenvalue weighted by Gasteiger charge is -2.20. The highest BCUT2D eigenvalue weighted by atomic mass is 79.9. The van der Waals surface area contributed by atoms with Crippen molar-refractivity contribution in [1.82, 2.24) is 10.0 Å². The molecule has 0 bridgehead atoms. The fourth-order valence-electron chi connectivity index (χ4n) is 1.51. The molecule has 0 aliphatic heterocycles. The second-order valence-corrected chi connectivity index (χ2v) is 8.55. The van der Waals surface area contributed by atoms with Crippen molar-refractivity contribution in [3.05, 3.63) is 27.7 Å². The van der Waals surface area contributed by atoms with Gasteiger partial charge in [0.15, 0.2) is 0 Å². The van der Waals surface area contributed by atoms with Crippen molar-refractivity contribution in [3.63, 3.8) is 0 Å². The van der Waals surface area contributed by atoms with Gasteiger partial charge >= 0.3 is 0 Å². The Hall–Kier alpha value is -0.630. The second-order valence-electron chi connectivity index (χ2n) is 5.52. The number of hydrogen-bond donors (Lipinski definition) is 2. The van der Waals surface area contributed by atoms with E-state index < -0.39 is 10.0 Å². The van der Waals surface area contributed by atoms with E-state index in [1.54, 1.807) is 0 Å². The fraction of sp³-hybridized carbons (Fsp3) is 0.462. The molecule has 8 heteroatoms. The van der Waals surface area contributed by atoms with Gasteiger partial charge in [0, 0.05) is 23.0 Å². The number of nitrogens with one attached hydrogen (secondary N) is 2. The molecular weight excluding hydrogens is 380 g/mol. The minimum atomic E-state index is -3.66. The van der Waals surface area contributed by atoms with Crippen LogP contribution in [0.4, 0.5) is 0 Å². The summed E-state index contributed by atoms with van der Waals surface area (Å²) in [5.41, 5.74) is -0.336. The molecule has 0 spiro atoms. The molecule has 0 saturated carbocycles. The van der Waals surface area contributed by atoms with Gasteiger partial charge in [-0.3, -0.25) is 4.79 Å². The summed E-state index contributed by atoms with van der Waals surface area (Å²) in [6, 6.07) is 4.32. The van der Waals surface area contributed by atoms with Crippen LogP contribution >= 0.6 is 27.5 Å². The molecule has 1 aromatic rings. The molecule has 0 radical (unpaired) electrons. The van der Waals surface area contributed by atoms with Crippen molar-refractivity contribution >= 4 is 43.5 Å². The number of amides is 1. The third-order valence-electron chi connectivity index (χ3n) is 2.36. The molecule has 0 saturated heterocycles. The van der Waals surface area contributed by atoms with Crippen LogP contribution in [-0.2, 0) is 14.8 Å². The molecule has 1 aromatic carbocycles. The number of rotatable bonds is 5. The Balaban J connectivity index is 2.61. The van der Waals surface area contributed by atoms with E-state index in [-0.39, 0.29) is 29.3 Å². The monoisotopic (exact) mass is 396 g/mol. The first-order valence-electron chi connectivity index (χ1n) is 6.27. The summed E-state index contributed by atoms with van der Waals surface area (Å²) in [6.07, 6.45) is 0.0747. The zero-order chi connectivity index (χ0) is 16.3. The number of halogens is 2. The van der Waals surface area contributed by atoms with Gasteiger partial charge < -0.3 is 5.32 Å². The summed E-state index contributed by atoms with van der Waals surface area (Å²) < 4.78 is 27.0. The number of hydrogen-bond acceptors (Lipinski definition) is 3. The molecule has 0 aliphatic rings. The lowest BCUT2D eigenvalue weighted by molar-refractivity contribution is -0.122. The minimum absolute atomic E-state index is 0.0322. The van der Waals surface area contributed by atoms with Crippen LogP contribution in [0.15, 0.2) is 27.6 Å². The third-order valence-corrected chi connectivity index (χ3v) is 5.03. The highest BCUT2D eigenvalue weighted by Crippen LogP contribution is 2.25. The summed E-state index contributed by atoms with van der Waals surface area (Å²) in [6.45, 7) is 5.62. The number of carbonyl (C=O) groups excluding carboxylic acids is 1. The SMILES string of the molecule is CC(C)(C)NC(=O)CCNS(=O)(=O)c1ccc(Cl)c(Br)c1. The van der Waals surface area contributed by atoms with E-state index in [4.69, 9.17) is 11.6 Å². The van der Waals surface area contributed by atoms with Crippen molar-refractivity contribution in [2.75, 3.05) is 6.54 Å². The van der Waals surface area contributed by atoms with Crippen LogP contribution < -0.4 is 10.0 Å². The lowest BCUT2D eigenvalue weighted by atomic mass is 10.1. The van der Waals surface area contributed by atoms with Crippen LogP contribution in [0, 0.1) is 0 Å². The Morgan fingerprint density at radius 1 is 1.33 bits per heavy atom. The maximum atomic E-state index is 12.1. The van der Waals surface area contributed by atoms with Crippen LogP contribution in [-0.4, -0.2) is 26.4 Å². The van der Waals surface area contributed by atoms with Gasteiger partial charge in [0.2, 0.25) is 15.9 Å². The van der Waals surface area contributed by atoms with Crippen LogP contribution in [0.5, 0.6) is 0 Å². The van der Waals surface area contributed by atoms with Crippen molar-refractivity contribution < 1.29 is 13.2 Å². The molecule has 0 fully saturated rings. The van der Waals surface area contributed by atoms with Crippen molar-refractivity contribution in [3.8, 4) is 0 Å². The first-order chi connectivity index (χ1) is 9.51. The molecule has 0 aromatic heterocycles. The minimum Gasteiger partial charge on any atom is -0.351 e. The van der Waals surface area contributed by atoms with Crippen LogP contribution in [0.25, 0.3) is 0 Å². The second kappa shape index (κ2) is 7.09. The Kier molecular flexibility index (Phi) is 6.22. The van der Waals surface area contributed by atoms with E-state index in [0.717, 1.165) is 0 Å². The molecule has 2 N–H and O–H groups in total. The smallest absolute Gasteiger partial charge is 0.240 e. The Morgan fingerprint density at radius 2 is 1.95 bits per heavy atom. The van der Waals surface area contributed by atoms with Crippen molar-refractivity contribution in [2.45, 2.75) is 37.6 Å². The van der Waals surface area contributed by atoms with E-state index in [9.17, 15) is 13.2 Å². The van der Waals surface area contributed by atoms with E-state index in [1.165, 1.54) is 18.2 Å². The molecular formula is C13H18BrClN2O3S. The zero-order valence-corrected chi connectivity index (χ0v) is 15.2.